The van der Waals surface area contributed by atoms with Crippen molar-refractivity contribution in [1.29, 1.82) is 5.26 Å². The molecule has 0 radical (unpaired) electrons. The Morgan fingerprint density at radius 1 is 1.26 bits per heavy atom. The summed E-state index contributed by atoms with van der Waals surface area (Å²) in [5.74, 6) is 0.936. The minimum absolute atomic E-state index is 0.172. The van der Waals surface area contributed by atoms with Gasteiger partial charge in [-0.1, -0.05) is 0 Å². The Labute approximate surface area is 113 Å². The molecule has 0 aliphatic carbocycles. The number of hydrogen-bond acceptors (Lipinski definition) is 4. The number of rotatable bonds is 5. The van der Waals surface area contributed by atoms with Crippen LogP contribution in [-0.2, 0) is 0 Å². The summed E-state index contributed by atoms with van der Waals surface area (Å²) in [6.07, 6.45) is 1.69. The van der Waals surface area contributed by atoms with Crippen molar-refractivity contribution in [2.24, 2.45) is 0 Å². The fourth-order valence-electron chi connectivity index (χ4n) is 1.90. The molecule has 0 aliphatic heterocycles. The number of nitriles is 1. The zero-order valence-electron chi connectivity index (χ0n) is 11.1. The van der Waals surface area contributed by atoms with E-state index >= 15 is 0 Å². The van der Waals surface area contributed by atoms with E-state index < -0.39 is 0 Å². The lowest BCUT2D eigenvalue weighted by Crippen LogP contribution is -2.26. The average molecular weight is 255 g/mol. The van der Waals surface area contributed by atoms with E-state index in [0.717, 1.165) is 18.0 Å². The molecule has 0 fully saturated rings. The van der Waals surface area contributed by atoms with Crippen LogP contribution in [0.5, 0.6) is 0 Å². The molecule has 4 heteroatoms. The van der Waals surface area contributed by atoms with E-state index in [1.54, 1.807) is 18.4 Å². The van der Waals surface area contributed by atoms with Crippen LogP contribution in [0.1, 0.15) is 17.4 Å². The van der Waals surface area contributed by atoms with Crippen molar-refractivity contribution in [3.05, 3.63) is 54.0 Å². The quantitative estimate of drug-likeness (QED) is 0.892. The van der Waals surface area contributed by atoms with Gasteiger partial charge in [0.05, 0.1) is 23.9 Å². The summed E-state index contributed by atoms with van der Waals surface area (Å²) < 4.78 is 5.46. The topological polar surface area (TPSA) is 52.2 Å². The smallest absolute Gasteiger partial charge is 0.122 e. The van der Waals surface area contributed by atoms with E-state index in [1.165, 1.54) is 0 Å². The van der Waals surface area contributed by atoms with Crippen molar-refractivity contribution in [3.8, 4) is 6.07 Å². The molecule has 0 saturated carbocycles. The van der Waals surface area contributed by atoms with Crippen molar-refractivity contribution < 1.29 is 4.42 Å². The Morgan fingerprint density at radius 3 is 2.53 bits per heavy atom. The molecule has 1 atom stereocenters. The highest BCUT2D eigenvalue weighted by Gasteiger charge is 2.16. The molecule has 0 amide bonds. The second-order valence-electron chi connectivity index (χ2n) is 4.56. The Bertz CT molecular complexity index is 538. The summed E-state index contributed by atoms with van der Waals surface area (Å²) in [4.78, 5) is 2.11. The van der Waals surface area contributed by atoms with Gasteiger partial charge >= 0.3 is 0 Å². The molecule has 2 aromatic rings. The standard InChI is InChI=1S/C15H17N3O/c1-18(2)14(15-4-3-9-19-15)11-17-13-7-5-12(10-16)6-8-13/h3-9,14,17H,11H2,1-2H3. The maximum atomic E-state index is 8.75. The van der Waals surface area contributed by atoms with Crippen LogP contribution in [0.2, 0.25) is 0 Å². The first-order valence-electron chi connectivity index (χ1n) is 6.14. The second kappa shape index (κ2) is 6.07. The van der Waals surface area contributed by atoms with E-state index in [4.69, 9.17) is 9.68 Å². The maximum Gasteiger partial charge on any atom is 0.122 e. The largest absolute Gasteiger partial charge is 0.468 e. The lowest BCUT2D eigenvalue weighted by Gasteiger charge is -2.23. The van der Waals surface area contributed by atoms with Crippen LogP contribution in [0.15, 0.2) is 47.1 Å². The molecular weight excluding hydrogens is 238 g/mol. The number of hydrogen-bond donors (Lipinski definition) is 1. The Balaban J connectivity index is 2.01. The van der Waals surface area contributed by atoms with Crippen molar-refractivity contribution in [2.45, 2.75) is 6.04 Å². The minimum atomic E-state index is 0.172. The molecule has 0 bridgehead atoms. The lowest BCUT2D eigenvalue weighted by atomic mass is 10.2. The zero-order chi connectivity index (χ0) is 13.7. The SMILES string of the molecule is CN(C)C(CNc1ccc(C#N)cc1)c1ccco1. The third kappa shape index (κ3) is 3.36. The van der Waals surface area contributed by atoms with Gasteiger partial charge in [-0.2, -0.15) is 5.26 Å². The van der Waals surface area contributed by atoms with Crippen LogP contribution in [0.4, 0.5) is 5.69 Å². The van der Waals surface area contributed by atoms with Gasteiger partial charge in [-0.25, -0.2) is 0 Å². The van der Waals surface area contributed by atoms with Gasteiger partial charge in [-0.05, 0) is 50.5 Å². The first-order valence-corrected chi connectivity index (χ1v) is 6.14. The number of nitrogens with one attached hydrogen (secondary N) is 1. The van der Waals surface area contributed by atoms with E-state index in [0.29, 0.717) is 5.56 Å². The highest BCUT2D eigenvalue weighted by molar-refractivity contribution is 5.47. The number of anilines is 1. The fourth-order valence-corrected chi connectivity index (χ4v) is 1.90. The van der Waals surface area contributed by atoms with E-state index in [2.05, 4.69) is 16.3 Å². The van der Waals surface area contributed by atoms with Crippen molar-refractivity contribution in [1.82, 2.24) is 4.90 Å². The Kier molecular flexibility index (Phi) is 4.22. The number of benzene rings is 1. The lowest BCUT2D eigenvalue weighted by molar-refractivity contribution is 0.269. The third-order valence-corrected chi connectivity index (χ3v) is 3.01. The van der Waals surface area contributed by atoms with Crippen molar-refractivity contribution >= 4 is 5.69 Å². The van der Waals surface area contributed by atoms with Gasteiger partial charge in [0.25, 0.3) is 0 Å². The molecule has 1 N–H and O–H groups in total. The molecular formula is C15H17N3O. The summed E-state index contributed by atoms with van der Waals surface area (Å²) >= 11 is 0. The van der Waals surface area contributed by atoms with E-state index in [-0.39, 0.29) is 6.04 Å². The predicted octanol–water partition coefficient (Wildman–Crippen LogP) is 2.87. The molecule has 98 valence electrons. The summed E-state index contributed by atoms with van der Waals surface area (Å²) in [6.45, 7) is 0.742. The second-order valence-corrected chi connectivity index (χ2v) is 4.56. The summed E-state index contributed by atoms with van der Waals surface area (Å²) in [5, 5.41) is 12.1. The molecule has 19 heavy (non-hydrogen) atoms. The van der Waals surface area contributed by atoms with Gasteiger partial charge in [0.1, 0.15) is 5.76 Å². The van der Waals surface area contributed by atoms with Crippen LogP contribution in [-0.4, -0.2) is 25.5 Å². The monoisotopic (exact) mass is 255 g/mol. The molecule has 1 unspecified atom stereocenters. The third-order valence-electron chi connectivity index (χ3n) is 3.01. The summed E-state index contributed by atoms with van der Waals surface area (Å²) in [6, 6.07) is 13.6. The molecule has 0 saturated heterocycles. The minimum Gasteiger partial charge on any atom is -0.468 e. The summed E-state index contributed by atoms with van der Waals surface area (Å²) in [7, 11) is 4.04. The number of furan rings is 1. The van der Waals surface area contributed by atoms with Gasteiger partial charge in [0.2, 0.25) is 0 Å². The van der Waals surface area contributed by atoms with Crippen molar-refractivity contribution in [2.75, 3.05) is 26.0 Å². The van der Waals surface area contributed by atoms with Gasteiger partial charge < -0.3 is 9.73 Å². The van der Waals surface area contributed by atoms with Gasteiger partial charge in [-0.3, -0.25) is 4.90 Å². The molecule has 0 aliphatic rings. The van der Waals surface area contributed by atoms with Crippen LogP contribution in [0, 0.1) is 11.3 Å². The number of nitrogens with zero attached hydrogens (tertiary/aromatic N) is 2. The van der Waals surface area contributed by atoms with E-state index in [1.807, 2.05) is 38.4 Å². The van der Waals surface area contributed by atoms with Gasteiger partial charge in [0.15, 0.2) is 0 Å². The molecule has 4 nitrogen and oxygen atoms in total. The molecule has 2 rings (SSSR count). The van der Waals surface area contributed by atoms with Crippen LogP contribution >= 0.6 is 0 Å². The zero-order valence-corrected chi connectivity index (χ0v) is 11.1. The normalized spacial score (nSPS) is 12.1. The van der Waals surface area contributed by atoms with E-state index in [9.17, 15) is 0 Å². The highest BCUT2D eigenvalue weighted by Crippen LogP contribution is 2.19. The van der Waals surface area contributed by atoms with Gasteiger partial charge in [-0.15, -0.1) is 0 Å². The van der Waals surface area contributed by atoms with Crippen LogP contribution < -0.4 is 5.32 Å². The average Bonchev–Trinajstić information content (AvgIpc) is 2.93. The highest BCUT2D eigenvalue weighted by atomic mass is 16.3. The first-order chi connectivity index (χ1) is 9.20. The molecule has 1 aromatic carbocycles. The van der Waals surface area contributed by atoms with Gasteiger partial charge in [0, 0.05) is 12.2 Å². The molecule has 0 spiro atoms. The fraction of sp³-hybridized carbons (Fsp3) is 0.267. The first kappa shape index (κ1) is 13.2. The number of likely N-dealkylation sites (N-methyl/N-ethyl adjacent to an activating group) is 1. The molecule has 1 aromatic heterocycles. The molecule has 1 heterocycles. The summed E-state index contributed by atoms with van der Waals surface area (Å²) in [5.41, 5.74) is 1.66. The van der Waals surface area contributed by atoms with Crippen LogP contribution in [0.25, 0.3) is 0 Å². The van der Waals surface area contributed by atoms with Crippen molar-refractivity contribution in [3.63, 3.8) is 0 Å². The Hall–Kier alpha value is -2.25. The predicted molar refractivity (Wildman–Crippen MR) is 74.8 cm³/mol. The maximum absolute atomic E-state index is 8.75. The van der Waals surface area contributed by atoms with Crippen LogP contribution in [0.3, 0.4) is 0 Å². The Morgan fingerprint density at radius 2 is 2.00 bits per heavy atom.